The van der Waals surface area contributed by atoms with Gasteiger partial charge < -0.3 is 15.2 Å². The fourth-order valence-electron chi connectivity index (χ4n) is 1.95. The molecule has 1 fully saturated rings. The van der Waals surface area contributed by atoms with E-state index in [2.05, 4.69) is 15.9 Å². The summed E-state index contributed by atoms with van der Waals surface area (Å²) in [6, 6.07) is 6.03. The molecular formula is C13H18BrNO2. The number of rotatable bonds is 5. The van der Waals surface area contributed by atoms with Gasteiger partial charge in [-0.2, -0.15) is 0 Å². The average Bonchev–Trinajstić information content (AvgIpc) is 2.83. The van der Waals surface area contributed by atoms with Gasteiger partial charge in [-0.1, -0.05) is 15.9 Å². The number of ether oxygens (including phenoxy) is 2. The molecule has 1 aromatic carbocycles. The van der Waals surface area contributed by atoms with Crippen LogP contribution in [-0.2, 0) is 11.2 Å². The largest absolute Gasteiger partial charge is 0.491 e. The molecule has 17 heavy (non-hydrogen) atoms. The van der Waals surface area contributed by atoms with Crippen LogP contribution in [0.2, 0.25) is 0 Å². The van der Waals surface area contributed by atoms with Gasteiger partial charge in [0.1, 0.15) is 12.4 Å². The molecule has 0 aromatic heterocycles. The molecule has 1 unspecified atom stereocenters. The maximum absolute atomic E-state index is 5.75. The van der Waals surface area contributed by atoms with Crippen molar-refractivity contribution in [3.05, 3.63) is 28.2 Å². The molecule has 1 aliphatic heterocycles. The summed E-state index contributed by atoms with van der Waals surface area (Å²) in [5.41, 5.74) is 6.76. The molecule has 0 aliphatic carbocycles. The number of nitrogens with two attached hydrogens (primary N) is 1. The molecule has 0 spiro atoms. The van der Waals surface area contributed by atoms with Crippen molar-refractivity contribution in [2.45, 2.75) is 25.4 Å². The van der Waals surface area contributed by atoms with Gasteiger partial charge in [-0.15, -0.1) is 0 Å². The summed E-state index contributed by atoms with van der Waals surface area (Å²) in [6.45, 7) is 2.16. The highest BCUT2D eigenvalue weighted by Crippen LogP contribution is 2.23. The molecule has 1 heterocycles. The minimum atomic E-state index is 0.261. The monoisotopic (exact) mass is 299 g/mol. The quantitative estimate of drug-likeness (QED) is 0.908. The van der Waals surface area contributed by atoms with Crippen molar-refractivity contribution in [2.24, 2.45) is 5.73 Å². The highest BCUT2D eigenvalue weighted by Gasteiger charge is 2.16. The van der Waals surface area contributed by atoms with E-state index in [1.807, 2.05) is 18.2 Å². The van der Waals surface area contributed by atoms with Gasteiger partial charge >= 0.3 is 0 Å². The van der Waals surface area contributed by atoms with Crippen LogP contribution in [0.15, 0.2) is 22.7 Å². The van der Waals surface area contributed by atoms with E-state index in [0.29, 0.717) is 13.2 Å². The normalized spacial score (nSPS) is 19.5. The first-order chi connectivity index (χ1) is 8.29. The second-order valence-electron chi connectivity index (χ2n) is 4.24. The molecule has 0 radical (unpaired) electrons. The summed E-state index contributed by atoms with van der Waals surface area (Å²) in [5, 5.41) is 0. The molecule has 1 aliphatic rings. The Morgan fingerprint density at radius 2 is 2.35 bits per heavy atom. The van der Waals surface area contributed by atoms with E-state index in [0.717, 1.165) is 36.1 Å². The minimum absolute atomic E-state index is 0.261. The van der Waals surface area contributed by atoms with Crippen LogP contribution in [0.3, 0.4) is 0 Å². The van der Waals surface area contributed by atoms with Crippen molar-refractivity contribution in [3.63, 3.8) is 0 Å². The molecule has 0 bridgehead atoms. The molecule has 0 amide bonds. The molecule has 1 atom stereocenters. The molecule has 1 aromatic rings. The molecule has 3 nitrogen and oxygen atoms in total. The minimum Gasteiger partial charge on any atom is -0.491 e. The zero-order valence-electron chi connectivity index (χ0n) is 9.82. The van der Waals surface area contributed by atoms with Gasteiger partial charge in [0, 0.05) is 11.1 Å². The van der Waals surface area contributed by atoms with Gasteiger partial charge in [0.2, 0.25) is 0 Å². The molecule has 4 heteroatoms. The van der Waals surface area contributed by atoms with Crippen LogP contribution in [0.4, 0.5) is 0 Å². The van der Waals surface area contributed by atoms with Crippen molar-refractivity contribution in [1.29, 1.82) is 0 Å². The molecule has 2 rings (SSSR count). The zero-order valence-corrected chi connectivity index (χ0v) is 11.4. The summed E-state index contributed by atoms with van der Waals surface area (Å²) in [4.78, 5) is 0. The molecule has 2 N–H and O–H groups in total. The fourth-order valence-corrected chi connectivity index (χ4v) is 2.40. The van der Waals surface area contributed by atoms with Crippen LogP contribution in [-0.4, -0.2) is 25.9 Å². The first-order valence-electron chi connectivity index (χ1n) is 6.02. The van der Waals surface area contributed by atoms with Gasteiger partial charge in [-0.05, 0) is 49.6 Å². The Labute approximate surface area is 110 Å². The van der Waals surface area contributed by atoms with E-state index in [1.165, 1.54) is 5.56 Å². The number of hydrogen-bond acceptors (Lipinski definition) is 3. The van der Waals surface area contributed by atoms with Gasteiger partial charge in [-0.25, -0.2) is 0 Å². The Morgan fingerprint density at radius 1 is 1.47 bits per heavy atom. The van der Waals surface area contributed by atoms with Crippen molar-refractivity contribution >= 4 is 15.9 Å². The van der Waals surface area contributed by atoms with E-state index in [4.69, 9.17) is 15.2 Å². The van der Waals surface area contributed by atoms with Crippen LogP contribution >= 0.6 is 15.9 Å². The Morgan fingerprint density at radius 3 is 3.06 bits per heavy atom. The number of halogens is 1. The highest BCUT2D eigenvalue weighted by molar-refractivity contribution is 9.10. The van der Waals surface area contributed by atoms with Crippen LogP contribution < -0.4 is 10.5 Å². The Bertz CT molecular complexity index is 364. The third kappa shape index (κ3) is 3.69. The van der Waals surface area contributed by atoms with E-state index in [-0.39, 0.29) is 6.10 Å². The second-order valence-corrected chi connectivity index (χ2v) is 5.09. The molecule has 0 saturated carbocycles. The standard InChI is InChI=1S/C13H18BrNO2/c14-13-4-3-11(8-10(13)5-6-15)17-9-12-2-1-7-16-12/h3-4,8,12H,1-2,5-7,9,15H2. The zero-order chi connectivity index (χ0) is 12.1. The van der Waals surface area contributed by atoms with E-state index >= 15 is 0 Å². The first-order valence-corrected chi connectivity index (χ1v) is 6.82. The third-order valence-corrected chi connectivity index (χ3v) is 3.66. The molecular weight excluding hydrogens is 282 g/mol. The maximum atomic E-state index is 5.75. The Balaban J connectivity index is 1.93. The number of benzene rings is 1. The lowest BCUT2D eigenvalue weighted by molar-refractivity contribution is 0.0679. The van der Waals surface area contributed by atoms with Crippen LogP contribution in [0.25, 0.3) is 0 Å². The Kier molecular flexibility index (Phi) is 4.83. The van der Waals surface area contributed by atoms with Crippen LogP contribution in [0.1, 0.15) is 18.4 Å². The second kappa shape index (κ2) is 6.38. The van der Waals surface area contributed by atoms with Crippen molar-refractivity contribution in [2.75, 3.05) is 19.8 Å². The Hall–Kier alpha value is -0.580. The first kappa shape index (κ1) is 12.9. The van der Waals surface area contributed by atoms with E-state index in [1.54, 1.807) is 0 Å². The van der Waals surface area contributed by atoms with Gasteiger partial charge in [0.05, 0.1) is 6.10 Å². The SMILES string of the molecule is NCCc1cc(OCC2CCCO2)ccc1Br. The lowest BCUT2D eigenvalue weighted by atomic mass is 10.1. The van der Waals surface area contributed by atoms with E-state index in [9.17, 15) is 0 Å². The van der Waals surface area contributed by atoms with Gasteiger partial charge in [0.15, 0.2) is 0 Å². The summed E-state index contributed by atoms with van der Waals surface area (Å²) in [7, 11) is 0. The molecule has 94 valence electrons. The smallest absolute Gasteiger partial charge is 0.119 e. The van der Waals surface area contributed by atoms with Crippen molar-refractivity contribution in [1.82, 2.24) is 0 Å². The maximum Gasteiger partial charge on any atom is 0.119 e. The third-order valence-electron chi connectivity index (χ3n) is 2.89. The van der Waals surface area contributed by atoms with Gasteiger partial charge in [0.25, 0.3) is 0 Å². The number of hydrogen-bond donors (Lipinski definition) is 1. The van der Waals surface area contributed by atoms with Crippen LogP contribution in [0.5, 0.6) is 5.75 Å². The lowest BCUT2D eigenvalue weighted by Gasteiger charge is -2.13. The summed E-state index contributed by atoms with van der Waals surface area (Å²) in [5.74, 6) is 0.896. The van der Waals surface area contributed by atoms with Crippen molar-refractivity contribution < 1.29 is 9.47 Å². The summed E-state index contributed by atoms with van der Waals surface area (Å²) in [6.07, 6.45) is 3.37. The topological polar surface area (TPSA) is 44.5 Å². The summed E-state index contributed by atoms with van der Waals surface area (Å²) < 4.78 is 12.4. The fraction of sp³-hybridized carbons (Fsp3) is 0.538. The van der Waals surface area contributed by atoms with Gasteiger partial charge in [-0.3, -0.25) is 0 Å². The molecule has 1 saturated heterocycles. The predicted molar refractivity (Wildman–Crippen MR) is 71.4 cm³/mol. The lowest BCUT2D eigenvalue weighted by Crippen LogP contribution is -2.16. The van der Waals surface area contributed by atoms with E-state index < -0.39 is 0 Å². The van der Waals surface area contributed by atoms with Crippen molar-refractivity contribution in [3.8, 4) is 5.75 Å². The average molecular weight is 300 g/mol. The highest BCUT2D eigenvalue weighted by atomic mass is 79.9. The summed E-state index contributed by atoms with van der Waals surface area (Å²) >= 11 is 3.51. The van der Waals surface area contributed by atoms with Crippen LogP contribution in [0, 0.1) is 0 Å². The predicted octanol–water partition coefficient (Wildman–Crippen LogP) is 2.51.